The van der Waals surface area contributed by atoms with Gasteiger partial charge in [0.25, 0.3) is 0 Å². The largest absolute Gasteiger partial charge is 0.309 e. The van der Waals surface area contributed by atoms with E-state index in [0.29, 0.717) is 11.5 Å². The van der Waals surface area contributed by atoms with E-state index in [1.54, 1.807) is 0 Å². The predicted molar refractivity (Wildman–Crippen MR) is 66.4 cm³/mol. The second kappa shape index (κ2) is 3.62. The van der Waals surface area contributed by atoms with Crippen molar-refractivity contribution in [3.63, 3.8) is 0 Å². The molecule has 0 saturated carbocycles. The van der Waals surface area contributed by atoms with Gasteiger partial charge >= 0.3 is 0 Å². The number of hydrogen-bond acceptors (Lipinski definition) is 1. The number of nitrogens with one attached hydrogen (secondary N) is 1. The topological polar surface area (TPSA) is 12.0 Å². The third-order valence-electron chi connectivity index (χ3n) is 2.82. The quantitative estimate of drug-likeness (QED) is 0.828. The van der Waals surface area contributed by atoms with Crippen molar-refractivity contribution in [2.45, 2.75) is 19.9 Å². The summed E-state index contributed by atoms with van der Waals surface area (Å²) in [6, 6.07) is 6.94. The van der Waals surface area contributed by atoms with Crippen LogP contribution in [0.2, 0.25) is 0 Å². The molecule has 1 heterocycles. The SMILES string of the molecule is CC1(C)CNC1c1ccc(Br)c(Br)c1. The molecule has 14 heavy (non-hydrogen) atoms. The molecule has 1 saturated heterocycles. The average Bonchev–Trinajstić information content (AvgIpc) is 2.10. The Morgan fingerprint density at radius 2 is 2.00 bits per heavy atom. The third-order valence-corrected chi connectivity index (χ3v) is 4.70. The van der Waals surface area contributed by atoms with Gasteiger partial charge in [0, 0.05) is 21.5 Å². The lowest BCUT2D eigenvalue weighted by atomic mass is 9.74. The first-order valence-electron chi connectivity index (χ1n) is 4.69. The van der Waals surface area contributed by atoms with Gasteiger partial charge in [-0.3, -0.25) is 0 Å². The Balaban J connectivity index is 2.30. The van der Waals surface area contributed by atoms with Crippen molar-refractivity contribution in [1.29, 1.82) is 0 Å². The second-order valence-corrected chi connectivity index (χ2v) is 6.18. The molecular formula is C11H13Br2N. The fourth-order valence-electron chi connectivity index (χ4n) is 1.87. The molecule has 2 rings (SSSR count). The van der Waals surface area contributed by atoms with Gasteiger partial charge in [0.05, 0.1) is 0 Å². The summed E-state index contributed by atoms with van der Waals surface area (Å²) in [7, 11) is 0. The number of rotatable bonds is 1. The van der Waals surface area contributed by atoms with Crippen LogP contribution in [0, 0.1) is 5.41 Å². The van der Waals surface area contributed by atoms with E-state index < -0.39 is 0 Å². The van der Waals surface area contributed by atoms with E-state index in [2.05, 4.69) is 69.2 Å². The normalized spacial score (nSPS) is 24.4. The van der Waals surface area contributed by atoms with Crippen molar-refractivity contribution >= 4 is 31.9 Å². The van der Waals surface area contributed by atoms with Crippen LogP contribution >= 0.6 is 31.9 Å². The Bertz CT molecular complexity index is 360. The Morgan fingerprint density at radius 1 is 1.29 bits per heavy atom. The molecule has 3 heteroatoms. The molecular weight excluding hydrogens is 306 g/mol. The maximum Gasteiger partial charge on any atom is 0.0384 e. The van der Waals surface area contributed by atoms with Crippen LogP contribution in [-0.4, -0.2) is 6.54 Å². The molecule has 0 aliphatic carbocycles. The molecule has 1 N–H and O–H groups in total. The molecule has 1 aliphatic heterocycles. The minimum atomic E-state index is 0.382. The van der Waals surface area contributed by atoms with Crippen molar-refractivity contribution in [2.75, 3.05) is 6.54 Å². The molecule has 76 valence electrons. The van der Waals surface area contributed by atoms with E-state index in [-0.39, 0.29) is 0 Å². The van der Waals surface area contributed by atoms with Crippen molar-refractivity contribution in [3.8, 4) is 0 Å². The van der Waals surface area contributed by atoms with Crippen molar-refractivity contribution < 1.29 is 0 Å². The summed E-state index contributed by atoms with van der Waals surface area (Å²) in [4.78, 5) is 0. The summed E-state index contributed by atoms with van der Waals surface area (Å²) < 4.78 is 2.23. The predicted octanol–water partition coefficient (Wildman–Crippen LogP) is 3.88. The maximum absolute atomic E-state index is 3.53. The highest BCUT2D eigenvalue weighted by Gasteiger charge is 2.38. The molecule has 0 radical (unpaired) electrons. The van der Waals surface area contributed by atoms with E-state index in [9.17, 15) is 0 Å². The zero-order chi connectivity index (χ0) is 10.3. The van der Waals surface area contributed by atoms with Gasteiger partial charge in [-0.2, -0.15) is 0 Å². The van der Waals surface area contributed by atoms with Gasteiger partial charge in [0.2, 0.25) is 0 Å². The van der Waals surface area contributed by atoms with Crippen molar-refractivity contribution in [3.05, 3.63) is 32.7 Å². The summed E-state index contributed by atoms with van der Waals surface area (Å²) in [5.41, 5.74) is 1.74. The summed E-state index contributed by atoms with van der Waals surface area (Å²) in [6.45, 7) is 5.69. The van der Waals surface area contributed by atoms with Crippen LogP contribution in [0.5, 0.6) is 0 Å². The molecule has 1 fully saturated rings. The van der Waals surface area contributed by atoms with E-state index >= 15 is 0 Å². The highest BCUT2D eigenvalue weighted by molar-refractivity contribution is 9.13. The van der Waals surface area contributed by atoms with Gasteiger partial charge < -0.3 is 5.32 Å². The lowest BCUT2D eigenvalue weighted by molar-refractivity contribution is 0.128. The highest BCUT2D eigenvalue weighted by Crippen LogP contribution is 2.41. The smallest absolute Gasteiger partial charge is 0.0384 e. The van der Waals surface area contributed by atoms with Crippen LogP contribution < -0.4 is 5.32 Å². The standard InChI is InChI=1S/C11H13Br2N/c1-11(2)6-14-10(11)7-3-4-8(12)9(13)5-7/h3-5,10,14H,6H2,1-2H3. The minimum Gasteiger partial charge on any atom is -0.309 e. The fourth-order valence-corrected chi connectivity index (χ4v) is 2.52. The van der Waals surface area contributed by atoms with Gasteiger partial charge in [-0.05, 0) is 55.0 Å². The Morgan fingerprint density at radius 3 is 2.43 bits per heavy atom. The first kappa shape index (κ1) is 10.7. The van der Waals surface area contributed by atoms with Gasteiger partial charge in [-0.15, -0.1) is 0 Å². The van der Waals surface area contributed by atoms with Crippen LogP contribution in [0.4, 0.5) is 0 Å². The minimum absolute atomic E-state index is 0.382. The zero-order valence-corrected chi connectivity index (χ0v) is 11.4. The summed E-state index contributed by atoms with van der Waals surface area (Å²) >= 11 is 7.01. The third kappa shape index (κ3) is 1.77. The number of halogens is 2. The molecule has 0 amide bonds. The molecule has 1 aliphatic rings. The van der Waals surface area contributed by atoms with E-state index in [1.807, 2.05) is 0 Å². The Hall–Kier alpha value is 0.140. The first-order valence-corrected chi connectivity index (χ1v) is 6.28. The van der Waals surface area contributed by atoms with Crippen LogP contribution in [0.3, 0.4) is 0 Å². The van der Waals surface area contributed by atoms with E-state index in [1.165, 1.54) is 5.56 Å². The lowest BCUT2D eigenvalue weighted by Gasteiger charge is -2.46. The Labute approximate surface area is 102 Å². The molecule has 1 aromatic rings. The second-order valence-electron chi connectivity index (χ2n) is 4.48. The van der Waals surface area contributed by atoms with E-state index in [4.69, 9.17) is 0 Å². The van der Waals surface area contributed by atoms with Crippen molar-refractivity contribution in [1.82, 2.24) is 5.32 Å². The van der Waals surface area contributed by atoms with Crippen LogP contribution in [0.25, 0.3) is 0 Å². The van der Waals surface area contributed by atoms with Crippen LogP contribution in [0.15, 0.2) is 27.1 Å². The molecule has 0 aromatic heterocycles. The monoisotopic (exact) mass is 317 g/mol. The first-order chi connectivity index (χ1) is 6.50. The highest BCUT2D eigenvalue weighted by atomic mass is 79.9. The number of hydrogen-bond donors (Lipinski definition) is 1. The number of benzene rings is 1. The maximum atomic E-state index is 3.53. The van der Waals surface area contributed by atoms with Crippen molar-refractivity contribution in [2.24, 2.45) is 5.41 Å². The van der Waals surface area contributed by atoms with Gasteiger partial charge in [-0.25, -0.2) is 0 Å². The van der Waals surface area contributed by atoms with Gasteiger partial charge in [0.1, 0.15) is 0 Å². The lowest BCUT2D eigenvalue weighted by Crippen LogP contribution is -2.52. The molecule has 1 nitrogen and oxygen atoms in total. The zero-order valence-electron chi connectivity index (χ0n) is 8.27. The average molecular weight is 319 g/mol. The van der Waals surface area contributed by atoms with Crippen LogP contribution in [0.1, 0.15) is 25.5 Å². The molecule has 1 aromatic carbocycles. The molecule has 1 unspecified atom stereocenters. The molecule has 0 spiro atoms. The van der Waals surface area contributed by atoms with E-state index in [0.717, 1.165) is 15.5 Å². The summed E-state index contributed by atoms with van der Waals surface area (Å²) in [5.74, 6) is 0. The summed E-state index contributed by atoms with van der Waals surface area (Å²) in [5, 5.41) is 3.46. The van der Waals surface area contributed by atoms with Gasteiger partial charge in [-0.1, -0.05) is 19.9 Å². The molecule has 1 atom stereocenters. The molecule has 0 bridgehead atoms. The Kier molecular flexibility index (Phi) is 2.75. The fraction of sp³-hybridized carbons (Fsp3) is 0.455. The van der Waals surface area contributed by atoms with Crippen LogP contribution in [-0.2, 0) is 0 Å². The summed E-state index contributed by atoms with van der Waals surface area (Å²) in [6.07, 6.45) is 0. The van der Waals surface area contributed by atoms with Gasteiger partial charge in [0.15, 0.2) is 0 Å².